The molecule has 6 nitrogen and oxygen atoms in total. The maximum atomic E-state index is 11.0. The Bertz CT molecular complexity index is 681. The molecule has 0 aliphatic carbocycles. The predicted molar refractivity (Wildman–Crippen MR) is 66.9 cm³/mol. The number of hydrogen-bond acceptors (Lipinski definition) is 5. The summed E-state index contributed by atoms with van der Waals surface area (Å²) in [5.74, 6) is 0.307. The first-order chi connectivity index (χ1) is 8.37. The van der Waals surface area contributed by atoms with Crippen molar-refractivity contribution >= 4 is 21.7 Å². The zero-order valence-electron chi connectivity index (χ0n) is 9.66. The van der Waals surface area contributed by atoms with Gasteiger partial charge in [0.2, 0.25) is 0 Å². The fourth-order valence-corrected chi connectivity index (χ4v) is 1.97. The summed E-state index contributed by atoms with van der Waals surface area (Å²) in [6.45, 7) is 0. The number of nitrogens with zero attached hydrogens (tertiary/aromatic N) is 3. The van der Waals surface area contributed by atoms with E-state index in [4.69, 9.17) is 15.8 Å². The van der Waals surface area contributed by atoms with Crippen LogP contribution in [0.25, 0.3) is 11.4 Å². The number of halogens is 1. The zero-order chi connectivity index (χ0) is 13.3. The van der Waals surface area contributed by atoms with Crippen LogP contribution in [-0.4, -0.2) is 29.4 Å². The highest BCUT2D eigenvalue weighted by atomic mass is 35.5. The lowest BCUT2D eigenvalue weighted by Crippen LogP contribution is -2.09. The van der Waals surface area contributed by atoms with Gasteiger partial charge in [0.15, 0.2) is 5.82 Å². The topological polar surface area (TPSA) is 74.1 Å². The average molecular weight is 288 g/mol. The van der Waals surface area contributed by atoms with E-state index in [0.29, 0.717) is 16.4 Å². The van der Waals surface area contributed by atoms with Crippen LogP contribution in [0, 0.1) is 0 Å². The molecule has 0 unspecified atom stereocenters. The number of hydrogen-bond donors (Lipinski definition) is 0. The van der Waals surface area contributed by atoms with Gasteiger partial charge in [-0.15, -0.1) is 5.10 Å². The first-order valence-electron chi connectivity index (χ1n) is 4.92. The van der Waals surface area contributed by atoms with Crippen LogP contribution in [-0.2, 0) is 17.2 Å². The summed E-state index contributed by atoms with van der Waals surface area (Å²) >= 11 is 6.01. The first-order valence-corrected chi connectivity index (χ1v) is 7.11. The van der Waals surface area contributed by atoms with Crippen LogP contribution in [0.4, 0.5) is 0 Å². The number of aromatic nitrogens is 3. The molecule has 0 saturated carbocycles. The Morgan fingerprint density at radius 3 is 2.61 bits per heavy atom. The Kier molecular flexibility index (Phi) is 3.27. The molecule has 0 radical (unpaired) electrons. The third-order valence-electron chi connectivity index (χ3n) is 2.06. The minimum Gasteiger partial charge on any atom is -0.343 e. The van der Waals surface area contributed by atoms with Crippen LogP contribution in [0.3, 0.4) is 0 Å². The van der Waals surface area contributed by atoms with Gasteiger partial charge < -0.3 is 4.18 Å². The van der Waals surface area contributed by atoms with E-state index in [-0.39, 0.29) is 6.01 Å². The van der Waals surface area contributed by atoms with Gasteiger partial charge in [0, 0.05) is 12.6 Å². The van der Waals surface area contributed by atoms with Crippen LogP contribution in [0.15, 0.2) is 24.3 Å². The lowest BCUT2D eigenvalue weighted by molar-refractivity contribution is 0.450. The Morgan fingerprint density at radius 1 is 1.33 bits per heavy atom. The van der Waals surface area contributed by atoms with E-state index in [9.17, 15) is 8.42 Å². The third-order valence-corrected chi connectivity index (χ3v) is 2.85. The summed E-state index contributed by atoms with van der Waals surface area (Å²) in [5.41, 5.74) is 0.609. The highest BCUT2D eigenvalue weighted by Gasteiger charge is 2.15. The molecule has 0 saturated heterocycles. The number of rotatable bonds is 3. The second kappa shape index (κ2) is 4.58. The molecule has 0 N–H and O–H groups in total. The average Bonchev–Trinajstić information content (AvgIpc) is 2.58. The number of benzene rings is 1. The molecule has 2 aromatic rings. The second-order valence-electron chi connectivity index (χ2n) is 3.61. The van der Waals surface area contributed by atoms with Crippen LogP contribution in [0.1, 0.15) is 0 Å². The summed E-state index contributed by atoms with van der Waals surface area (Å²) in [7, 11) is -2.10. The monoisotopic (exact) mass is 287 g/mol. The van der Waals surface area contributed by atoms with E-state index in [1.165, 1.54) is 11.7 Å². The molecule has 0 aliphatic heterocycles. The minimum absolute atomic E-state index is 0.104. The van der Waals surface area contributed by atoms with Crippen molar-refractivity contribution < 1.29 is 12.6 Å². The van der Waals surface area contributed by atoms with Gasteiger partial charge in [0.05, 0.1) is 11.3 Å². The van der Waals surface area contributed by atoms with Gasteiger partial charge in [-0.1, -0.05) is 23.7 Å². The minimum atomic E-state index is -3.63. The normalized spacial score (nSPS) is 11.5. The van der Waals surface area contributed by atoms with Crippen molar-refractivity contribution in [1.82, 2.24) is 14.8 Å². The SMILES string of the molecule is Cn1nc(-c2ccccc2Cl)nc1OS(C)(=O)=O. The molecule has 0 aliphatic rings. The lowest BCUT2D eigenvalue weighted by atomic mass is 10.2. The van der Waals surface area contributed by atoms with Crippen molar-refractivity contribution in [2.75, 3.05) is 6.26 Å². The molecule has 0 bridgehead atoms. The fourth-order valence-electron chi connectivity index (χ4n) is 1.33. The lowest BCUT2D eigenvalue weighted by Gasteiger charge is -1.98. The van der Waals surface area contributed by atoms with Crippen molar-refractivity contribution in [2.45, 2.75) is 0 Å². The maximum absolute atomic E-state index is 11.0. The number of aryl methyl sites for hydroxylation is 1. The molecule has 0 spiro atoms. The Balaban J connectivity index is 2.44. The van der Waals surface area contributed by atoms with Gasteiger partial charge >= 0.3 is 16.1 Å². The molecule has 1 aromatic carbocycles. The Labute approximate surface area is 109 Å². The standard InChI is InChI=1S/C10H10ClN3O3S/c1-14-10(17-18(2,15)16)12-9(13-14)7-5-3-4-6-8(7)11/h3-6H,1-2H3. The molecular formula is C10H10ClN3O3S. The largest absolute Gasteiger partial charge is 0.343 e. The molecule has 96 valence electrons. The van der Waals surface area contributed by atoms with E-state index in [0.717, 1.165) is 6.26 Å². The van der Waals surface area contributed by atoms with Gasteiger partial charge in [0.25, 0.3) is 0 Å². The second-order valence-corrected chi connectivity index (χ2v) is 5.59. The highest BCUT2D eigenvalue weighted by Crippen LogP contribution is 2.26. The predicted octanol–water partition coefficient (Wildman–Crippen LogP) is 1.47. The molecular weight excluding hydrogens is 278 g/mol. The molecule has 0 atom stereocenters. The van der Waals surface area contributed by atoms with E-state index in [2.05, 4.69) is 10.1 Å². The Hall–Kier alpha value is -1.60. The van der Waals surface area contributed by atoms with Gasteiger partial charge in [0.1, 0.15) is 0 Å². The maximum Gasteiger partial charge on any atom is 0.331 e. The van der Waals surface area contributed by atoms with Gasteiger partial charge in [-0.3, -0.25) is 0 Å². The molecule has 0 fully saturated rings. The fraction of sp³-hybridized carbons (Fsp3) is 0.200. The van der Waals surface area contributed by atoms with Crippen molar-refractivity contribution in [3.8, 4) is 17.4 Å². The van der Waals surface area contributed by atoms with Gasteiger partial charge in [-0.25, -0.2) is 4.68 Å². The third kappa shape index (κ3) is 2.80. The molecule has 1 heterocycles. The van der Waals surface area contributed by atoms with Gasteiger partial charge in [-0.05, 0) is 12.1 Å². The summed E-state index contributed by atoms with van der Waals surface area (Å²) in [6, 6.07) is 6.90. The van der Waals surface area contributed by atoms with E-state index in [1.807, 2.05) is 0 Å². The van der Waals surface area contributed by atoms with Crippen molar-refractivity contribution in [3.63, 3.8) is 0 Å². The quantitative estimate of drug-likeness (QED) is 0.799. The van der Waals surface area contributed by atoms with Crippen LogP contribution < -0.4 is 4.18 Å². The summed E-state index contributed by atoms with van der Waals surface area (Å²) in [5, 5.41) is 4.54. The van der Waals surface area contributed by atoms with Crippen molar-refractivity contribution in [2.24, 2.45) is 7.05 Å². The molecule has 2 rings (SSSR count). The molecule has 8 heteroatoms. The molecule has 0 amide bonds. The summed E-state index contributed by atoms with van der Waals surface area (Å²) < 4.78 is 28.0. The highest BCUT2D eigenvalue weighted by molar-refractivity contribution is 7.86. The summed E-state index contributed by atoms with van der Waals surface area (Å²) in [6.07, 6.45) is 0.941. The van der Waals surface area contributed by atoms with E-state index < -0.39 is 10.1 Å². The first kappa shape index (κ1) is 12.8. The van der Waals surface area contributed by atoms with Crippen LogP contribution in [0.2, 0.25) is 5.02 Å². The van der Waals surface area contributed by atoms with E-state index >= 15 is 0 Å². The summed E-state index contributed by atoms with van der Waals surface area (Å²) in [4.78, 5) is 3.99. The van der Waals surface area contributed by atoms with Gasteiger partial charge in [-0.2, -0.15) is 13.4 Å². The van der Waals surface area contributed by atoms with Crippen LogP contribution in [0.5, 0.6) is 6.01 Å². The smallest absolute Gasteiger partial charge is 0.331 e. The molecule has 1 aromatic heterocycles. The Morgan fingerprint density at radius 2 is 2.00 bits per heavy atom. The van der Waals surface area contributed by atoms with Crippen molar-refractivity contribution in [1.29, 1.82) is 0 Å². The van der Waals surface area contributed by atoms with E-state index in [1.54, 1.807) is 24.3 Å². The van der Waals surface area contributed by atoms with Crippen LogP contribution >= 0.6 is 11.6 Å². The molecule has 18 heavy (non-hydrogen) atoms. The van der Waals surface area contributed by atoms with Crippen molar-refractivity contribution in [3.05, 3.63) is 29.3 Å². The zero-order valence-corrected chi connectivity index (χ0v) is 11.2.